The maximum absolute atomic E-state index is 4.01. The van der Waals surface area contributed by atoms with Crippen molar-refractivity contribution in [2.45, 2.75) is 45.6 Å². The Labute approximate surface area is 76.2 Å². The predicted octanol–water partition coefficient (Wildman–Crippen LogP) is 2.73. The molecule has 0 aliphatic carbocycles. The Kier molecular flexibility index (Phi) is 2.94. The largest absolute Gasteiger partial charge is 0.311 e. The summed E-state index contributed by atoms with van der Waals surface area (Å²) in [6, 6.07) is 0. The molecule has 0 aromatic carbocycles. The van der Waals surface area contributed by atoms with Gasteiger partial charge in [0.05, 0.1) is 0 Å². The van der Waals surface area contributed by atoms with E-state index in [2.05, 4.69) is 32.7 Å². The highest BCUT2D eigenvalue weighted by atomic mass is 15.0. The SMILES string of the molecule is C=C(C)CC1(C(C)C)CCCN1. The fraction of sp³-hybridized carbons (Fsp3) is 0.818. The Hall–Kier alpha value is -0.300. The molecule has 0 bridgehead atoms. The number of rotatable bonds is 3. The fourth-order valence-corrected chi connectivity index (χ4v) is 2.22. The highest BCUT2D eigenvalue weighted by Gasteiger charge is 2.35. The molecule has 1 aliphatic rings. The van der Waals surface area contributed by atoms with Gasteiger partial charge in [0.15, 0.2) is 0 Å². The maximum Gasteiger partial charge on any atom is 0.0241 e. The van der Waals surface area contributed by atoms with Crippen LogP contribution in [0.4, 0.5) is 0 Å². The third kappa shape index (κ3) is 1.89. The third-order valence-electron chi connectivity index (χ3n) is 3.00. The van der Waals surface area contributed by atoms with E-state index in [1.54, 1.807) is 0 Å². The summed E-state index contributed by atoms with van der Waals surface area (Å²) in [6.45, 7) is 11.9. The van der Waals surface area contributed by atoms with Crippen LogP contribution in [0.1, 0.15) is 40.0 Å². The van der Waals surface area contributed by atoms with E-state index < -0.39 is 0 Å². The zero-order chi connectivity index (χ0) is 9.19. The van der Waals surface area contributed by atoms with Gasteiger partial charge in [-0.2, -0.15) is 0 Å². The molecule has 12 heavy (non-hydrogen) atoms. The molecule has 1 nitrogen and oxygen atoms in total. The van der Waals surface area contributed by atoms with Crippen molar-refractivity contribution < 1.29 is 0 Å². The molecule has 0 aromatic rings. The lowest BCUT2D eigenvalue weighted by Crippen LogP contribution is -2.44. The molecule has 0 aromatic heterocycles. The van der Waals surface area contributed by atoms with E-state index in [0.717, 1.165) is 12.3 Å². The second-order valence-electron chi connectivity index (χ2n) is 4.48. The minimum absolute atomic E-state index is 0.367. The standard InChI is InChI=1S/C11H21N/c1-9(2)8-11(10(3)4)6-5-7-12-11/h10,12H,1,5-8H2,2-4H3. The van der Waals surface area contributed by atoms with Crippen LogP contribution in [0.3, 0.4) is 0 Å². The van der Waals surface area contributed by atoms with Crippen LogP contribution < -0.4 is 5.32 Å². The lowest BCUT2D eigenvalue weighted by molar-refractivity contribution is 0.269. The summed E-state index contributed by atoms with van der Waals surface area (Å²) in [4.78, 5) is 0. The smallest absolute Gasteiger partial charge is 0.0241 e. The van der Waals surface area contributed by atoms with Crippen molar-refractivity contribution in [3.63, 3.8) is 0 Å². The summed E-state index contributed by atoms with van der Waals surface area (Å²) in [5.74, 6) is 0.719. The average molecular weight is 167 g/mol. The van der Waals surface area contributed by atoms with Gasteiger partial charge in [-0.05, 0) is 38.6 Å². The first-order chi connectivity index (χ1) is 5.57. The van der Waals surface area contributed by atoms with Gasteiger partial charge in [0, 0.05) is 5.54 Å². The van der Waals surface area contributed by atoms with Crippen molar-refractivity contribution in [2.24, 2.45) is 5.92 Å². The monoisotopic (exact) mass is 167 g/mol. The topological polar surface area (TPSA) is 12.0 Å². The zero-order valence-electron chi connectivity index (χ0n) is 8.61. The summed E-state index contributed by atoms with van der Waals surface area (Å²) in [5, 5.41) is 3.64. The fourth-order valence-electron chi connectivity index (χ4n) is 2.22. The minimum atomic E-state index is 0.367. The molecule has 0 radical (unpaired) electrons. The van der Waals surface area contributed by atoms with Crippen molar-refractivity contribution in [1.29, 1.82) is 0 Å². The van der Waals surface area contributed by atoms with Crippen molar-refractivity contribution in [1.82, 2.24) is 5.32 Å². The summed E-state index contributed by atoms with van der Waals surface area (Å²) in [5.41, 5.74) is 1.67. The summed E-state index contributed by atoms with van der Waals surface area (Å²) >= 11 is 0. The van der Waals surface area contributed by atoms with Crippen LogP contribution in [-0.4, -0.2) is 12.1 Å². The second kappa shape index (κ2) is 3.61. The first-order valence-corrected chi connectivity index (χ1v) is 4.96. The van der Waals surface area contributed by atoms with Crippen LogP contribution in [0, 0.1) is 5.92 Å². The predicted molar refractivity (Wildman–Crippen MR) is 54.2 cm³/mol. The summed E-state index contributed by atoms with van der Waals surface area (Å²) in [7, 11) is 0. The maximum atomic E-state index is 4.01. The third-order valence-corrected chi connectivity index (χ3v) is 3.00. The first kappa shape index (κ1) is 9.79. The Morgan fingerprint density at radius 1 is 1.58 bits per heavy atom. The van der Waals surface area contributed by atoms with Gasteiger partial charge in [0.2, 0.25) is 0 Å². The number of nitrogens with one attached hydrogen (secondary N) is 1. The minimum Gasteiger partial charge on any atom is -0.311 e. The van der Waals surface area contributed by atoms with E-state index in [-0.39, 0.29) is 0 Å². The number of hydrogen-bond donors (Lipinski definition) is 1. The average Bonchev–Trinajstić information content (AvgIpc) is 2.35. The molecule has 1 unspecified atom stereocenters. The molecule has 1 atom stereocenters. The van der Waals surface area contributed by atoms with E-state index in [9.17, 15) is 0 Å². The normalized spacial score (nSPS) is 29.7. The lowest BCUT2D eigenvalue weighted by Gasteiger charge is -2.34. The molecular formula is C11H21N. The molecule has 1 saturated heterocycles. The van der Waals surface area contributed by atoms with Gasteiger partial charge in [0.1, 0.15) is 0 Å². The van der Waals surface area contributed by atoms with Gasteiger partial charge < -0.3 is 5.32 Å². The lowest BCUT2D eigenvalue weighted by atomic mass is 9.80. The molecule has 1 fully saturated rings. The van der Waals surface area contributed by atoms with E-state index in [0.29, 0.717) is 5.54 Å². The van der Waals surface area contributed by atoms with E-state index in [1.807, 2.05) is 0 Å². The Morgan fingerprint density at radius 3 is 2.58 bits per heavy atom. The van der Waals surface area contributed by atoms with Gasteiger partial charge in [0.25, 0.3) is 0 Å². The molecule has 0 spiro atoms. The van der Waals surface area contributed by atoms with Crippen LogP contribution in [0.15, 0.2) is 12.2 Å². The summed E-state index contributed by atoms with van der Waals surface area (Å²) < 4.78 is 0. The van der Waals surface area contributed by atoms with Gasteiger partial charge in [-0.15, -0.1) is 6.58 Å². The van der Waals surface area contributed by atoms with Crippen LogP contribution in [0.2, 0.25) is 0 Å². The van der Waals surface area contributed by atoms with E-state index >= 15 is 0 Å². The Bertz CT molecular complexity index is 164. The van der Waals surface area contributed by atoms with E-state index in [1.165, 1.54) is 25.0 Å². The first-order valence-electron chi connectivity index (χ1n) is 4.96. The molecule has 1 aliphatic heterocycles. The highest BCUT2D eigenvalue weighted by Crippen LogP contribution is 2.32. The van der Waals surface area contributed by atoms with Crippen molar-refractivity contribution in [3.8, 4) is 0 Å². The van der Waals surface area contributed by atoms with Crippen LogP contribution in [-0.2, 0) is 0 Å². The quantitative estimate of drug-likeness (QED) is 0.637. The second-order valence-corrected chi connectivity index (χ2v) is 4.48. The molecule has 1 N–H and O–H groups in total. The van der Waals surface area contributed by atoms with Crippen molar-refractivity contribution in [3.05, 3.63) is 12.2 Å². The van der Waals surface area contributed by atoms with Crippen LogP contribution in [0.25, 0.3) is 0 Å². The Balaban J connectivity index is 2.65. The van der Waals surface area contributed by atoms with Crippen molar-refractivity contribution >= 4 is 0 Å². The zero-order valence-corrected chi connectivity index (χ0v) is 8.61. The van der Waals surface area contributed by atoms with E-state index in [4.69, 9.17) is 0 Å². The van der Waals surface area contributed by atoms with Crippen LogP contribution in [0.5, 0.6) is 0 Å². The van der Waals surface area contributed by atoms with Gasteiger partial charge in [-0.3, -0.25) is 0 Å². The number of hydrogen-bond acceptors (Lipinski definition) is 1. The van der Waals surface area contributed by atoms with Crippen LogP contribution >= 0.6 is 0 Å². The van der Waals surface area contributed by atoms with Crippen molar-refractivity contribution in [2.75, 3.05) is 6.54 Å². The van der Waals surface area contributed by atoms with Gasteiger partial charge >= 0.3 is 0 Å². The molecular weight excluding hydrogens is 146 g/mol. The molecule has 70 valence electrons. The molecule has 1 heteroatoms. The van der Waals surface area contributed by atoms with Gasteiger partial charge in [-0.1, -0.05) is 19.4 Å². The molecule has 0 amide bonds. The highest BCUT2D eigenvalue weighted by molar-refractivity contribution is 5.05. The summed E-state index contributed by atoms with van der Waals surface area (Å²) in [6.07, 6.45) is 3.79. The Morgan fingerprint density at radius 2 is 2.25 bits per heavy atom. The molecule has 1 heterocycles. The molecule has 1 rings (SSSR count). The van der Waals surface area contributed by atoms with Gasteiger partial charge in [-0.25, -0.2) is 0 Å². The molecule has 0 saturated carbocycles.